The molecule has 0 atom stereocenters. The summed E-state index contributed by atoms with van der Waals surface area (Å²) in [6.07, 6.45) is 0.793. The topological polar surface area (TPSA) is 55.4 Å². The minimum absolute atomic E-state index is 0.110. The number of hydrogen-bond acceptors (Lipinski definition) is 3. The third-order valence-corrected chi connectivity index (χ3v) is 3.83. The van der Waals surface area contributed by atoms with Crippen LogP contribution in [-0.4, -0.2) is 34.4 Å². The molecule has 0 unspecified atom stereocenters. The van der Waals surface area contributed by atoms with Crippen molar-refractivity contribution in [1.29, 1.82) is 0 Å². The lowest BCUT2D eigenvalue weighted by molar-refractivity contribution is 0.196. The van der Waals surface area contributed by atoms with Crippen molar-refractivity contribution < 1.29 is 17.5 Å². The van der Waals surface area contributed by atoms with Gasteiger partial charge in [-0.3, -0.25) is 0 Å². The molecule has 0 amide bonds. The normalized spacial score (nSPS) is 11.7. The van der Waals surface area contributed by atoms with Crippen LogP contribution < -0.4 is 4.72 Å². The zero-order chi connectivity index (χ0) is 13.4. The lowest BCUT2D eigenvalue weighted by Gasteiger charge is -2.07. The molecular formula is C12H18FNO3S. The van der Waals surface area contributed by atoms with Crippen LogP contribution in [0.2, 0.25) is 0 Å². The number of rotatable bonds is 8. The maximum Gasteiger partial charge on any atom is 0.211 e. The molecule has 18 heavy (non-hydrogen) atoms. The predicted molar refractivity (Wildman–Crippen MR) is 68.4 cm³/mol. The number of ether oxygens (including phenoxy) is 1. The van der Waals surface area contributed by atoms with E-state index < -0.39 is 10.0 Å². The highest BCUT2D eigenvalue weighted by Gasteiger charge is 2.11. The van der Waals surface area contributed by atoms with Gasteiger partial charge in [-0.05, 0) is 24.5 Å². The molecule has 6 heteroatoms. The molecule has 1 aromatic rings. The second-order valence-corrected chi connectivity index (χ2v) is 5.83. The highest BCUT2D eigenvalue weighted by Crippen LogP contribution is 2.07. The standard InChI is InChI=1S/C12H18FNO3S/c1-17-9-4-8-14-18(15,16)10-7-11-5-2-3-6-12(11)13/h2-3,5-6,14H,4,7-10H2,1H3. The summed E-state index contributed by atoms with van der Waals surface area (Å²) in [5.41, 5.74) is 0.416. The van der Waals surface area contributed by atoms with E-state index in [-0.39, 0.29) is 18.0 Å². The van der Waals surface area contributed by atoms with E-state index in [0.29, 0.717) is 25.1 Å². The maximum absolute atomic E-state index is 13.3. The van der Waals surface area contributed by atoms with Crippen LogP contribution in [0.3, 0.4) is 0 Å². The van der Waals surface area contributed by atoms with E-state index in [9.17, 15) is 12.8 Å². The summed E-state index contributed by atoms with van der Waals surface area (Å²) in [4.78, 5) is 0. The smallest absolute Gasteiger partial charge is 0.211 e. The minimum atomic E-state index is -3.35. The summed E-state index contributed by atoms with van der Waals surface area (Å²) in [6, 6.07) is 6.19. The molecule has 102 valence electrons. The van der Waals surface area contributed by atoms with Crippen molar-refractivity contribution in [3.8, 4) is 0 Å². The van der Waals surface area contributed by atoms with Crippen molar-refractivity contribution in [3.05, 3.63) is 35.6 Å². The van der Waals surface area contributed by atoms with Crippen LogP contribution in [-0.2, 0) is 21.2 Å². The molecule has 1 rings (SSSR count). The van der Waals surface area contributed by atoms with Crippen molar-refractivity contribution in [2.75, 3.05) is 26.0 Å². The Hall–Kier alpha value is -0.980. The lowest BCUT2D eigenvalue weighted by atomic mass is 10.2. The van der Waals surface area contributed by atoms with Crippen molar-refractivity contribution in [2.24, 2.45) is 0 Å². The van der Waals surface area contributed by atoms with E-state index in [2.05, 4.69) is 4.72 Å². The number of aryl methyl sites for hydroxylation is 1. The van der Waals surface area contributed by atoms with Crippen molar-refractivity contribution in [3.63, 3.8) is 0 Å². The first-order valence-corrected chi connectivity index (χ1v) is 7.40. The fourth-order valence-electron chi connectivity index (χ4n) is 1.46. The largest absolute Gasteiger partial charge is 0.385 e. The quantitative estimate of drug-likeness (QED) is 0.728. The van der Waals surface area contributed by atoms with E-state index in [1.165, 1.54) is 6.07 Å². The maximum atomic E-state index is 13.3. The van der Waals surface area contributed by atoms with Crippen molar-refractivity contribution >= 4 is 10.0 Å². The SMILES string of the molecule is COCCCNS(=O)(=O)CCc1ccccc1F. The molecule has 0 heterocycles. The summed E-state index contributed by atoms with van der Waals surface area (Å²) in [6.45, 7) is 0.850. The summed E-state index contributed by atoms with van der Waals surface area (Å²) in [5, 5.41) is 0. The Morgan fingerprint density at radius 3 is 2.72 bits per heavy atom. The molecule has 0 aromatic heterocycles. The van der Waals surface area contributed by atoms with E-state index in [4.69, 9.17) is 4.74 Å². The number of methoxy groups -OCH3 is 1. The first-order valence-electron chi connectivity index (χ1n) is 5.75. The van der Waals surface area contributed by atoms with Gasteiger partial charge in [0.1, 0.15) is 5.82 Å². The number of benzene rings is 1. The van der Waals surface area contributed by atoms with Crippen LogP contribution in [0, 0.1) is 5.82 Å². The van der Waals surface area contributed by atoms with E-state index in [1.807, 2.05) is 0 Å². The van der Waals surface area contributed by atoms with Gasteiger partial charge in [0.25, 0.3) is 0 Å². The van der Waals surface area contributed by atoms with Gasteiger partial charge in [-0.2, -0.15) is 0 Å². The number of halogens is 1. The Bertz CT molecular complexity index is 462. The summed E-state index contributed by atoms with van der Waals surface area (Å²) < 4.78 is 43.8. The first-order chi connectivity index (χ1) is 8.55. The monoisotopic (exact) mass is 275 g/mol. The fraction of sp³-hybridized carbons (Fsp3) is 0.500. The summed E-state index contributed by atoms with van der Waals surface area (Å²) >= 11 is 0. The van der Waals surface area contributed by atoms with Crippen LogP contribution >= 0.6 is 0 Å². The summed E-state index contributed by atoms with van der Waals surface area (Å²) in [7, 11) is -1.79. The molecule has 0 radical (unpaired) electrons. The predicted octanol–water partition coefficient (Wildman–Crippen LogP) is 1.32. The minimum Gasteiger partial charge on any atom is -0.385 e. The molecule has 0 aliphatic heterocycles. The van der Waals surface area contributed by atoms with Crippen LogP contribution in [0.25, 0.3) is 0 Å². The van der Waals surface area contributed by atoms with Gasteiger partial charge in [-0.1, -0.05) is 18.2 Å². The molecule has 1 N–H and O–H groups in total. The Morgan fingerprint density at radius 2 is 2.06 bits per heavy atom. The Morgan fingerprint density at radius 1 is 1.33 bits per heavy atom. The zero-order valence-electron chi connectivity index (χ0n) is 10.4. The second-order valence-electron chi connectivity index (χ2n) is 3.90. The van der Waals surface area contributed by atoms with Crippen LogP contribution in [0.5, 0.6) is 0 Å². The third-order valence-electron chi connectivity index (χ3n) is 2.45. The molecule has 4 nitrogen and oxygen atoms in total. The van der Waals surface area contributed by atoms with Gasteiger partial charge >= 0.3 is 0 Å². The van der Waals surface area contributed by atoms with Crippen LogP contribution in [0.15, 0.2) is 24.3 Å². The first kappa shape index (κ1) is 15.1. The average molecular weight is 275 g/mol. The highest BCUT2D eigenvalue weighted by molar-refractivity contribution is 7.89. The molecule has 0 aliphatic rings. The average Bonchev–Trinajstić information content (AvgIpc) is 2.34. The van der Waals surface area contributed by atoms with Gasteiger partial charge < -0.3 is 4.74 Å². The molecule has 0 spiro atoms. The lowest BCUT2D eigenvalue weighted by Crippen LogP contribution is -2.28. The van der Waals surface area contributed by atoms with Gasteiger partial charge in [-0.25, -0.2) is 17.5 Å². The van der Waals surface area contributed by atoms with Crippen molar-refractivity contribution in [1.82, 2.24) is 4.72 Å². The Labute approximate surface area is 107 Å². The summed E-state index contributed by atoms with van der Waals surface area (Å²) in [5.74, 6) is -0.479. The van der Waals surface area contributed by atoms with E-state index >= 15 is 0 Å². The number of hydrogen-bond donors (Lipinski definition) is 1. The fourth-order valence-corrected chi connectivity index (χ4v) is 2.55. The van der Waals surface area contributed by atoms with E-state index in [0.717, 1.165) is 0 Å². The number of nitrogens with one attached hydrogen (secondary N) is 1. The van der Waals surface area contributed by atoms with Gasteiger partial charge in [0, 0.05) is 20.3 Å². The molecule has 0 fully saturated rings. The van der Waals surface area contributed by atoms with Gasteiger partial charge in [0.2, 0.25) is 10.0 Å². The van der Waals surface area contributed by atoms with Gasteiger partial charge in [0.05, 0.1) is 5.75 Å². The van der Waals surface area contributed by atoms with Gasteiger partial charge in [0.15, 0.2) is 0 Å². The molecule has 0 bridgehead atoms. The highest BCUT2D eigenvalue weighted by atomic mass is 32.2. The van der Waals surface area contributed by atoms with Gasteiger partial charge in [-0.15, -0.1) is 0 Å². The Kier molecular flexibility index (Phi) is 6.24. The van der Waals surface area contributed by atoms with Crippen LogP contribution in [0.1, 0.15) is 12.0 Å². The molecule has 0 aliphatic carbocycles. The molecular weight excluding hydrogens is 257 g/mol. The van der Waals surface area contributed by atoms with Crippen LogP contribution in [0.4, 0.5) is 4.39 Å². The second kappa shape index (κ2) is 7.45. The van der Waals surface area contributed by atoms with Crippen molar-refractivity contribution in [2.45, 2.75) is 12.8 Å². The molecule has 0 saturated carbocycles. The Balaban J connectivity index is 2.40. The zero-order valence-corrected chi connectivity index (χ0v) is 11.2. The number of sulfonamides is 1. The van der Waals surface area contributed by atoms with E-state index in [1.54, 1.807) is 25.3 Å². The molecule has 1 aromatic carbocycles. The third kappa shape index (κ3) is 5.57. The molecule has 0 saturated heterocycles.